The molecule has 0 bridgehead atoms. The molecule has 0 amide bonds. The first-order valence-electron chi connectivity index (χ1n) is 4.61. The van der Waals surface area contributed by atoms with E-state index >= 15 is 0 Å². The van der Waals surface area contributed by atoms with Crippen LogP contribution in [0.2, 0.25) is 0 Å². The molecule has 1 rings (SSSR count). The summed E-state index contributed by atoms with van der Waals surface area (Å²) in [6.07, 6.45) is 1.93. The maximum atomic E-state index is 11.6. The summed E-state index contributed by atoms with van der Waals surface area (Å²) in [6, 6.07) is 3.59. The summed E-state index contributed by atoms with van der Waals surface area (Å²) in [6.45, 7) is 3.57. The number of aromatic nitrogens is 1. The van der Waals surface area contributed by atoms with E-state index < -0.39 is 0 Å². The number of nitrogens with zero attached hydrogens (tertiary/aromatic N) is 1. The van der Waals surface area contributed by atoms with E-state index in [4.69, 9.17) is 0 Å². The lowest BCUT2D eigenvalue weighted by atomic mass is 10.1. The summed E-state index contributed by atoms with van der Waals surface area (Å²) in [7, 11) is 0. The van der Waals surface area contributed by atoms with Gasteiger partial charge in [-0.15, -0.1) is 0 Å². The number of Topliss-reactive ketones (excluding diaryl/α,β-unsaturated/α-hetero) is 2. The van der Waals surface area contributed by atoms with E-state index in [9.17, 15) is 9.59 Å². The second-order valence-corrected chi connectivity index (χ2v) is 3.16. The van der Waals surface area contributed by atoms with Gasteiger partial charge in [0.15, 0.2) is 5.78 Å². The van der Waals surface area contributed by atoms with Crippen molar-refractivity contribution >= 4 is 11.6 Å². The average Bonchev–Trinajstić information content (AvgIpc) is 2.18. The molecule has 0 saturated heterocycles. The fourth-order valence-electron chi connectivity index (χ4n) is 1.17. The largest absolute Gasteiger partial charge is 0.299 e. The van der Waals surface area contributed by atoms with Gasteiger partial charge in [-0.2, -0.15) is 0 Å². The minimum absolute atomic E-state index is 0.0334. The molecule has 0 fully saturated rings. The molecule has 1 aromatic rings. The first-order valence-corrected chi connectivity index (χ1v) is 4.61. The van der Waals surface area contributed by atoms with E-state index in [2.05, 4.69) is 4.98 Å². The fourth-order valence-corrected chi connectivity index (χ4v) is 1.17. The third-order valence-corrected chi connectivity index (χ3v) is 2.03. The van der Waals surface area contributed by atoms with Gasteiger partial charge >= 0.3 is 0 Å². The molecule has 0 saturated carbocycles. The lowest BCUT2D eigenvalue weighted by Crippen LogP contribution is -2.10. The van der Waals surface area contributed by atoms with Crippen molar-refractivity contribution in [2.75, 3.05) is 0 Å². The summed E-state index contributed by atoms with van der Waals surface area (Å²) in [5.41, 5.74) is 1.23. The number of aryl methyl sites for hydroxylation is 1. The van der Waals surface area contributed by atoms with Gasteiger partial charge in [0.05, 0.1) is 6.42 Å². The SMILES string of the molecule is CCC(=O)CC(=O)c1ncccc1C. The lowest BCUT2D eigenvalue weighted by molar-refractivity contribution is -0.117. The minimum Gasteiger partial charge on any atom is -0.299 e. The van der Waals surface area contributed by atoms with Crippen molar-refractivity contribution in [2.45, 2.75) is 26.7 Å². The number of pyridine rings is 1. The number of hydrogen-bond acceptors (Lipinski definition) is 3. The Bertz CT molecular complexity index is 358. The van der Waals surface area contributed by atoms with Crippen molar-refractivity contribution in [1.29, 1.82) is 0 Å². The van der Waals surface area contributed by atoms with Gasteiger partial charge in [-0.1, -0.05) is 13.0 Å². The number of carbonyl (C=O) groups is 2. The van der Waals surface area contributed by atoms with Crippen molar-refractivity contribution < 1.29 is 9.59 Å². The van der Waals surface area contributed by atoms with Crippen LogP contribution in [0, 0.1) is 6.92 Å². The molecule has 0 unspecified atom stereocenters. The van der Waals surface area contributed by atoms with Gasteiger partial charge in [0.1, 0.15) is 11.5 Å². The first-order chi connectivity index (χ1) is 6.65. The van der Waals surface area contributed by atoms with Crippen molar-refractivity contribution in [3.05, 3.63) is 29.6 Å². The summed E-state index contributed by atoms with van der Waals surface area (Å²) in [5.74, 6) is -0.227. The third-order valence-electron chi connectivity index (χ3n) is 2.03. The number of rotatable bonds is 4. The van der Waals surface area contributed by atoms with Crippen LogP contribution in [0.1, 0.15) is 35.8 Å². The molecule has 3 nitrogen and oxygen atoms in total. The van der Waals surface area contributed by atoms with Crippen LogP contribution in [-0.2, 0) is 4.79 Å². The molecule has 0 aliphatic carbocycles. The summed E-state index contributed by atoms with van der Waals surface area (Å²) < 4.78 is 0. The van der Waals surface area contributed by atoms with Crippen molar-refractivity contribution in [3.63, 3.8) is 0 Å². The molecule has 0 aliphatic heterocycles. The molecule has 0 atom stereocenters. The van der Waals surface area contributed by atoms with Crippen LogP contribution in [0.15, 0.2) is 18.3 Å². The van der Waals surface area contributed by atoms with E-state index in [1.807, 2.05) is 13.0 Å². The van der Waals surface area contributed by atoms with Crippen LogP contribution in [-0.4, -0.2) is 16.6 Å². The number of hydrogen-bond donors (Lipinski definition) is 0. The van der Waals surface area contributed by atoms with Gasteiger partial charge < -0.3 is 0 Å². The number of ketones is 2. The summed E-state index contributed by atoms with van der Waals surface area (Å²) in [4.78, 5) is 26.6. The Morgan fingerprint density at radius 2 is 2.14 bits per heavy atom. The highest BCUT2D eigenvalue weighted by atomic mass is 16.1. The van der Waals surface area contributed by atoms with E-state index in [0.29, 0.717) is 12.1 Å². The first kappa shape index (κ1) is 10.6. The van der Waals surface area contributed by atoms with Gasteiger partial charge in [0.25, 0.3) is 0 Å². The Morgan fingerprint density at radius 3 is 2.71 bits per heavy atom. The predicted octanol–water partition coefficient (Wildman–Crippen LogP) is 1.94. The maximum absolute atomic E-state index is 11.6. The van der Waals surface area contributed by atoms with Gasteiger partial charge in [0, 0.05) is 12.6 Å². The molecule has 0 N–H and O–H groups in total. The Kier molecular flexibility index (Phi) is 3.51. The predicted molar refractivity (Wildman–Crippen MR) is 53.2 cm³/mol. The topological polar surface area (TPSA) is 47.0 Å². The fraction of sp³-hybridized carbons (Fsp3) is 0.364. The van der Waals surface area contributed by atoms with E-state index in [1.54, 1.807) is 19.2 Å². The van der Waals surface area contributed by atoms with Gasteiger partial charge in [0.2, 0.25) is 0 Å². The van der Waals surface area contributed by atoms with Crippen LogP contribution in [0.3, 0.4) is 0 Å². The second-order valence-electron chi connectivity index (χ2n) is 3.16. The van der Waals surface area contributed by atoms with Crippen LogP contribution in [0.5, 0.6) is 0 Å². The molecule has 0 aliphatic rings. The van der Waals surface area contributed by atoms with Gasteiger partial charge in [-0.05, 0) is 18.6 Å². The van der Waals surface area contributed by atoms with E-state index in [1.165, 1.54) is 0 Å². The summed E-state index contributed by atoms with van der Waals surface area (Å²) >= 11 is 0. The Labute approximate surface area is 83.2 Å². The molecular weight excluding hydrogens is 178 g/mol. The quantitative estimate of drug-likeness (QED) is 0.539. The monoisotopic (exact) mass is 191 g/mol. The zero-order valence-corrected chi connectivity index (χ0v) is 8.41. The Morgan fingerprint density at radius 1 is 1.43 bits per heavy atom. The van der Waals surface area contributed by atoms with Crippen LogP contribution >= 0.6 is 0 Å². The Hall–Kier alpha value is -1.51. The van der Waals surface area contributed by atoms with Crippen molar-refractivity contribution in [3.8, 4) is 0 Å². The lowest BCUT2D eigenvalue weighted by Gasteiger charge is -2.01. The molecule has 1 heterocycles. The van der Waals surface area contributed by atoms with Gasteiger partial charge in [-0.25, -0.2) is 0 Å². The molecule has 0 aromatic carbocycles. The smallest absolute Gasteiger partial charge is 0.188 e. The molecule has 0 radical (unpaired) electrons. The van der Waals surface area contributed by atoms with Crippen molar-refractivity contribution in [1.82, 2.24) is 4.98 Å². The summed E-state index contributed by atoms with van der Waals surface area (Å²) in [5, 5.41) is 0. The highest BCUT2D eigenvalue weighted by Crippen LogP contribution is 2.07. The highest BCUT2D eigenvalue weighted by molar-refractivity contribution is 6.07. The molecule has 1 aromatic heterocycles. The average molecular weight is 191 g/mol. The van der Waals surface area contributed by atoms with Crippen LogP contribution in [0.25, 0.3) is 0 Å². The third kappa shape index (κ3) is 2.49. The van der Waals surface area contributed by atoms with E-state index in [0.717, 1.165) is 5.56 Å². The maximum Gasteiger partial charge on any atom is 0.188 e. The number of carbonyl (C=O) groups excluding carboxylic acids is 2. The molecular formula is C11H13NO2. The normalized spacial score (nSPS) is 9.86. The Balaban J connectivity index is 2.80. The highest BCUT2D eigenvalue weighted by Gasteiger charge is 2.13. The zero-order chi connectivity index (χ0) is 10.6. The van der Waals surface area contributed by atoms with E-state index in [-0.39, 0.29) is 18.0 Å². The molecule has 0 spiro atoms. The molecule has 3 heteroatoms. The van der Waals surface area contributed by atoms with Crippen LogP contribution < -0.4 is 0 Å². The standard InChI is InChI=1S/C11H13NO2/c1-3-9(13)7-10(14)11-8(2)5-4-6-12-11/h4-6H,3,7H2,1-2H3. The zero-order valence-electron chi connectivity index (χ0n) is 8.41. The second kappa shape index (κ2) is 4.65. The molecule has 74 valence electrons. The minimum atomic E-state index is -0.185. The van der Waals surface area contributed by atoms with Crippen molar-refractivity contribution in [2.24, 2.45) is 0 Å². The molecule has 14 heavy (non-hydrogen) atoms. The van der Waals surface area contributed by atoms with Crippen LogP contribution in [0.4, 0.5) is 0 Å². The van der Waals surface area contributed by atoms with Gasteiger partial charge in [-0.3, -0.25) is 14.6 Å².